The number of halogens is 1. The molecule has 0 aromatic heterocycles. The molecule has 0 aliphatic rings. The van der Waals surface area contributed by atoms with Crippen LogP contribution in [0.15, 0.2) is 0 Å². The fraction of sp³-hybridized carbons (Fsp3) is 1.00. The minimum atomic E-state index is 0. The molecule has 0 amide bonds. The second-order valence-corrected chi connectivity index (χ2v) is 3.67. The van der Waals surface area contributed by atoms with E-state index in [-0.39, 0.29) is 24.0 Å². The van der Waals surface area contributed by atoms with Crippen molar-refractivity contribution in [2.75, 3.05) is 0 Å². The summed E-state index contributed by atoms with van der Waals surface area (Å²) < 4.78 is 0. The van der Waals surface area contributed by atoms with Gasteiger partial charge in [0, 0.05) is 5.25 Å². The van der Waals surface area contributed by atoms with Crippen molar-refractivity contribution in [1.29, 1.82) is 0 Å². The molecule has 0 nitrogen and oxygen atoms in total. The summed E-state index contributed by atoms with van der Waals surface area (Å²) in [6.07, 6.45) is 7.92. The summed E-state index contributed by atoms with van der Waals surface area (Å²) in [4.78, 5) is 0. The second-order valence-electron chi connectivity index (χ2n) is 2.94. The maximum absolute atomic E-state index is 4.50. The van der Waals surface area contributed by atoms with E-state index in [0.29, 0.717) is 5.25 Å². The van der Waals surface area contributed by atoms with Crippen LogP contribution in [0.1, 0.15) is 52.4 Å². The first kappa shape index (κ1) is 14.6. The maximum atomic E-state index is 4.50. The Balaban J connectivity index is 0. The van der Waals surface area contributed by atoms with E-state index in [0.717, 1.165) is 0 Å². The Hall–Kier alpha value is 1.08. The van der Waals surface area contributed by atoms with Gasteiger partial charge in [-0.05, 0) is 12.8 Å². The molecule has 0 aliphatic carbocycles. The lowest BCUT2D eigenvalue weighted by molar-refractivity contribution is 0.618. The largest absolute Gasteiger partial charge is 0.176 e. The van der Waals surface area contributed by atoms with Crippen LogP contribution in [-0.2, 0) is 0 Å². The van der Waals surface area contributed by atoms with E-state index < -0.39 is 0 Å². The molecule has 0 saturated heterocycles. The summed E-state index contributed by atoms with van der Waals surface area (Å²) in [5.41, 5.74) is 0. The molecule has 11 heavy (non-hydrogen) atoms. The lowest BCUT2D eigenvalue weighted by atomic mass is 10.1. The molecule has 0 bridgehead atoms. The molecule has 2 heteroatoms. The molecule has 0 heterocycles. The summed E-state index contributed by atoms with van der Waals surface area (Å²) in [5, 5.41) is 0.667. The van der Waals surface area contributed by atoms with E-state index in [9.17, 15) is 0 Å². The normalized spacial score (nSPS) is 9.82. The Morgan fingerprint density at radius 2 is 1.36 bits per heavy atom. The van der Waals surface area contributed by atoms with Crippen molar-refractivity contribution >= 4 is 36.6 Å². The Morgan fingerprint density at radius 1 is 1.00 bits per heavy atom. The highest BCUT2D eigenvalue weighted by Crippen LogP contribution is 2.13. The van der Waals surface area contributed by atoms with Gasteiger partial charge in [-0.25, -0.2) is 0 Å². The highest BCUT2D eigenvalue weighted by Gasteiger charge is 1.99. The van der Waals surface area contributed by atoms with Gasteiger partial charge in [-0.15, -0.1) is 24.0 Å². The predicted molar refractivity (Wildman–Crippen MR) is 67.2 cm³/mol. The van der Waals surface area contributed by atoms with Crippen molar-refractivity contribution in [1.82, 2.24) is 0 Å². The van der Waals surface area contributed by atoms with Gasteiger partial charge in [0.2, 0.25) is 0 Å². The third-order valence-electron chi connectivity index (χ3n) is 1.78. The van der Waals surface area contributed by atoms with Crippen LogP contribution in [0.2, 0.25) is 0 Å². The molecule has 0 aliphatic heterocycles. The van der Waals surface area contributed by atoms with Gasteiger partial charge in [-0.2, -0.15) is 12.6 Å². The van der Waals surface area contributed by atoms with Gasteiger partial charge in [0.05, 0.1) is 0 Å². The van der Waals surface area contributed by atoms with Gasteiger partial charge in [-0.3, -0.25) is 0 Å². The summed E-state index contributed by atoms with van der Waals surface area (Å²) in [6.45, 7) is 4.47. The number of hydrogen-bond acceptors (Lipinski definition) is 1. The van der Waals surface area contributed by atoms with Crippen LogP contribution >= 0.6 is 36.6 Å². The third kappa shape index (κ3) is 11.1. The van der Waals surface area contributed by atoms with Crippen molar-refractivity contribution in [3.63, 3.8) is 0 Å². The quantitative estimate of drug-likeness (QED) is 0.547. The summed E-state index contributed by atoms with van der Waals surface area (Å²) in [6, 6.07) is 0. The zero-order valence-electron chi connectivity index (χ0n) is 7.68. The SMILES string of the molecule is CCCCC(S)CCCC.I. The van der Waals surface area contributed by atoms with Gasteiger partial charge < -0.3 is 0 Å². The number of thiol groups is 1. The van der Waals surface area contributed by atoms with E-state index in [1.54, 1.807) is 0 Å². The fourth-order valence-electron chi connectivity index (χ4n) is 1.02. The molecule has 0 fully saturated rings. The van der Waals surface area contributed by atoms with Crippen LogP contribution in [0.25, 0.3) is 0 Å². The topological polar surface area (TPSA) is 0 Å². The minimum absolute atomic E-state index is 0. The van der Waals surface area contributed by atoms with Gasteiger partial charge in [0.25, 0.3) is 0 Å². The first-order valence-electron chi connectivity index (χ1n) is 4.49. The van der Waals surface area contributed by atoms with Crippen LogP contribution in [0, 0.1) is 0 Å². The van der Waals surface area contributed by atoms with E-state index in [1.165, 1.54) is 38.5 Å². The van der Waals surface area contributed by atoms with Crippen molar-refractivity contribution in [3.05, 3.63) is 0 Å². The average molecular weight is 288 g/mol. The Labute approximate surface area is 94.0 Å². The predicted octanol–water partition coefficient (Wildman–Crippen LogP) is 4.28. The molecule has 0 rings (SSSR count). The number of rotatable bonds is 6. The standard InChI is InChI=1S/C9H20S.HI/c1-3-5-7-9(10)8-6-4-2;/h9-10H,3-8H2,1-2H3;1H. The molecule has 0 radical (unpaired) electrons. The smallest absolute Gasteiger partial charge is 0.00168 e. The zero-order chi connectivity index (χ0) is 7.82. The van der Waals surface area contributed by atoms with Crippen molar-refractivity contribution in [3.8, 4) is 0 Å². The molecule has 0 saturated carbocycles. The zero-order valence-corrected chi connectivity index (χ0v) is 10.9. The fourth-order valence-corrected chi connectivity index (χ4v) is 1.39. The Bertz CT molecular complexity index is 58.6. The molecule has 0 aromatic carbocycles. The molecule has 0 N–H and O–H groups in total. The van der Waals surface area contributed by atoms with Crippen molar-refractivity contribution in [2.45, 2.75) is 57.6 Å². The van der Waals surface area contributed by atoms with Gasteiger partial charge in [-0.1, -0.05) is 39.5 Å². The minimum Gasteiger partial charge on any atom is -0.176 e. The van der Waals surface area contributed by atoms with E-state index in [4.69, 9.17) is 0 Å². The van der Waals surface area contributed by atoms with Crippen molar-refractivity contribution in [2.24, 2.45) is 0 Å². The number of hydrogen-bond donors (Lipinski definition) is 1. The first-order chi connectivity index (χ1) is 4.81. The van der Waals surface area contributed by atoms with Gasteiger partial charge in [0.15, 0.2) is 0 Å². The molecule has 0 spiro atoms. The molecule has 0 aromatic rings. The van der Waals surface area contributed by atoms with Crippen LogP contribution in [-0.4, -0.2) is 5.25 Å². The highest BCUT2D eigenvalue weighted by molar-refractivity contribution is 14.0. The van der Waals surface area contributed by atoms with Crippen LogP contribution in [0.5, 0.6) is 0 Å². The van der Waals surface area contributed by atoms with E-state index >= 15 is 0 Å². The Kier molecular flexibility index (Phi) is 14.7. The van der Waals surface area contributed by atoms with Crippen LogP contribution < -0.4 is 0 Å². The summed E-state index contributed by atoms with van der Waals surface area (Å²) in [7, 11) is 0. The lowest BCUT2D eigenvalue weighted by Gasteiger charge is -2.07. The number of unbranched alkanes of at least 4 members (excludes halogenated alkanes) is 2. The molecule has 0 unspecified atom stereocenters. The summed E-state index contributed by atoms with van der Waals surface area (Å²) >= 11 is 4.50. The van der Waals surface area contributed by atoms with Crippen molar-refractivity contribution < 1.29 is 0 Å². The molecule has 70 valence electrons. The van der Waals surface area contributed by atoms with Gasteiger partial charge >= 0.3 is 0 Å². The van der Waals surface area contributed by atoms with Crippen LogP contribution in [0.4, 0.5) is 0 Å². The summed E-state index contributed by atoms with van der Waals surface area (Å²) in [5.74, 6) is 0. The maximum Gasteiger partial charge on any atom is 0.00168 e. The molecular weight excluding hydrogens is 267 g/mol. The monoisotopic (exact) mass is 288 g/mol. The Morgan fingerprint density at radius 3 is 1.64 bits per heavy atom. The first-order valence-corrected chi connectivity index (χ1v) is 5.01. The molecule has 0 atom stereocenters. The highest BCUT2D eigenvalue weighted by atomic mass is 127. The van der Waals surface area contributed by atoms with E-state index in [1.807, 2.05) is 0 Å². The second kappa shape index (κ2) is 11.1. The van der Waals surface area contributed by atoms with Gasteiger partial charge in [0.1, 0.15) is 0 Å². The third-order valence-corrected chi connectivity index (χ3v) is 2.30. The van der Waals surface area contributed by atoms with Crippen LogP contribution in [0.3, 0.4) is 0 Å². The van der Waals surface area contributed by atoms with E-state index in [2.05, 4.69) is 26.5 Å². The molecular formula is C9H21IS. The lowest BCUT2D eigenvalue weighted by Crippen LogP contribution is -1.97. The average Bonchev–Trinajstić information content (AvgIpc) is 1.97.